The number of rotatable bonds is 3. The zero-order valence-electron chi connectivity index (χ0n) is 14.1. The molecule has 0 saturated heterocycles. The van der Waals surface area contributed by atoms with Crippen molar-refractivity contribution in [2.45, 2.75) is 13.8 Å². The fourth-order valence-electron chi connectivity index (χ4n) is 2.69. The molecule has 1 amide bonds. The van der Waals surface area contributed by atoms with Crippen LogP contribution in [-0.4, -0.2) is 18.4 Å². The van der Waals surface area contributed by atoms with Gasteiger partial charge in [-0.05, 0) is 43.7 Å². The summed E-state index contributed by atoms with van der Waals surface area (Å²) in [5, 5.41) is 5.53. The van der Waals surface area contributed by atoms with Gasteiger partial charge in [-0.3, -0.25) is 4.79 Å². The van der Waals surface area contributed by atoms with Crippen LogP contribution in [0.5, 0.6) is 11.5 Å². The van der Waals surface area contributed by atoms with Gasteiger partial charge in [-0.1, -0.05) is 23.7 Å². The standard InChI is InChI=1S/C19H15ClN2O3S/c1-10-3-5-13-16(7-10)26-18(17(13)20)19(23)22-21-11(2)12-4-6-14-15(8-12)25-9-24-14/h3-8H,9H2,1-2H3,(H,22,23). The molecule has 0 radical (unpaired) electrons. The van der Waals surface area contributed by atoms with E-state index >= 15 is 0 Å². The van der Waals surface area contributed by atoms with E-state index in [1.807, 2.05) is 50.2 Å². The fourth-order valence-corrected chi connectivity index (χ4v) is 4.20. The van der Waals surface area contributed by atoms with Crippen LogP contribution in [0.4, 0.5) is 0 Å². The second kappa shape index (κ2) is 6.63. The zero-order valence-corrected chi connectivity index (χ0v) is 15.7. The highest BCUT2D eigenvalue weighted by molar-refractivity contribution is 7.21. The van der Waals surface area contributed by atoms with Crippen LogP contribution < -0.4 is 14.9 Å². The number of aryl methyl sites for hydroxylation is 1. The van der Waals surface area contributed by atoms with Gasteiger partial charge in [0.2, 0.25) is 6.79 Å². The summed E-state index contributed by atoms with van der Waals surface area (Å²) in [7, 11) is 0. The van der Waals surface area contributed by atoms with Crippen molar-refractivity contribution < 1.29 is 14.3 Å². The third-order valence-corrected chi connectivity index (χ3v) is 5.76. The van der Waals surface area contributed by atoms with E-state index in [4.69, 9.17) is 21.1 Å². The monoisotopic (exact) mass is 386 g/mol. The second-order valence-electron chi connectivity index (χ2n) is 5.95. The van der Waals surface area contributed by atoms with Crippen molar-refractivity contribution in [1.82, 2.24) is 5.43 Å². The van der Waals surface area contributed by atoms with E-state index in [1.54, 1.807) is 0 Å². The van der Waals surface area contributed by atoms with Gasteiger partial charge in [0.1, 0.15) is 4.88 Å². The average Bonchev–Trinajstić information content (AvgIpc) is 3.23. The fraction of sp³-hybridized carbons (Fsp3) is 0.158. The van der Waals surface area contributed by atoms with Gasteiger partial charge in [-0.25, -0.2) is 5.43 Å². The molecule has 1 aliphatic heterocycles. The number of hydrogen-bond donors (Lipinski definition) is 1. The van der Waals surface area contributed by atoms with Crippen LogP contribution in [0.15, 0.2) is 41.5 Å². The number of thiophene rings is 1. The molecule has 1 aromatic heterocycles. The van der Waals surface area contributed by atoms with Crippen molar-refractivity contribution in [3.05, 3.63) is 57.4 Å². The smallest absolute Gasteiger partial charge is 0.283 e. The molecule has 0 spiro atoms. The molecule has 0 fully saturated rings. The number of carbonyl (C=O) groups is 1. The molecule has 0 aliphatic carbocycles. The molecular formula is C19H15ClN2O3S. The topological polar surface area (TPSA) is 59.9 Å². The summed E-state index contributed by atoms with van der Waals surface area (Å²) in [4.78, 5) is 13.0. The molecule has 3 aromatic rings. The first kappa shape index (κ1) is 16.9. The number of nitrogens with zero attached hydrogens (tertiary/aromatic N) is 1. The summed E-state index contributed by atoms with van der Waals surface area (Å²) in [6.07, 6.45) is 0. The molecule has 7 heteroatoms. The molecule has 0 saturated carbocycles. The van der Waals surface area contributed by atoms with Gasteiger partial charge in [-0.15, -0.1) is 11.3 Å². The first-order valence-electron chi connectivity index (χ1n) is 7.96. The van der Waals surface area contributed by atoms with E-state index in [9.17, 15) is 4.79 Å². The van der Waals surface area contributed by atoms with Crippen molar-refractivity contribution in [3.8, 4) is 11.5 Å². The van der Waals surface area contributed by atoms with E-state index in [1.165, 1.54) is 11.3 Å². The molecule has 1 N–H and O–H groups in total. The summed E-state index contributed by atoms with van der Waals surface area (Å²) in [6, 6.07) is 11.5. The maximum absolute atomic E-state index is 12.5. The number of ether oxygens (including phenoxy) is 2. The molecule has 4 rings (SSSR count). The number of fused-ring (bicyclic) bond motifs is 2. The van der Waals surface area contributed by atoms with Gasteiger partial charge in [0, 0.05) is 15.6 Å². The van der Waals surface area contributed by atoms with Gasteiger partial charge < -0.3 is 9.47 Å². The molecule has 0 unspecified atom stereocenters. The predicted octanol–water partition coefficient (Wildman–Crippen LogP) is 4.75. The highest BCUT2D eigenvalue weighted by Crippen LogP contribution is 2.36. The first-order valence-corrected chi connectivity index (χ1v) is 9.15. The number of hydrazone groups is 1. The van der Waals surface area contributed by atoms with Crippen molar-refractivity contribution in [3.63, 3.8) is 0 Å². The quantitative estimate of drug-likeness (QED) is 0.522. The van der Waals surface area contributed by atoms with E-state index in [2.05, 4.69) is 10.5 Å². The highest BCUT2D eigenvalue weighted by Gasteiger charge is 2.18. The number of halogens is 1. The highest BCUT2D eigenvalue weighted by atomic mass is 35.5. The normalized spacial score (nSPS) is 13.3. The van der Waals surface area contributed by atoms with Crippen molar-refractivity contribution in [2.24, 2.45) is 5.10 Å². The average molecular weight is 387 g/mol. The van der Waals surface area contributed by atoms with Crippen LogP contribution in [0.2, 0.25) is 5.02 Å². The molecule has 2 heterocycles. The molecule has 5 nitrogen and oxygen atoms in total. The number of hydrogen-bond acceptors (Lipinski definition) is 5. The Labute approximate surface area is 159 Å². The van der Waals surface area contributed by atoms with Crippen LogP contribution in [0, 0.1) is 6.92 Å². The summed E-state index contributed by atoms with van der Waals surface area (Å²) >= 11 is 7.73. The predicted molar refractivity (Wildman–Crippen MR) is 104 cm³/mol. The molecule has 26 heavy (non-hydrogen) atoms. The second-order valence-corrected chi connectivity index (χ2v) is 7.38. The Morgan fingerprint density at radius 1 is 1.19 bits per heavy atom. The van der Waals surface area contributed by atoms with E-state index in [0.717, 1.165) is 21.2 Å². The van der Waals surface area contributed by atoms with E-state index in [0.29, 0.717) is 27.1 Å². The molecule has 2 aromatic carbocycles. The SMILES string of the molecule is CC(=NNC(=O)c1sc2cc(C)ccc2c1Cl)c1ccc2c(c1)OCO2. The van der Waals surface area contributed by atoms with Gasteiger partial charge in [0.15, 0.2) is 11.5 Å². The van der Waals surface area contributed by atoms with Crippen molar-refractivity contribution >= 4 is 44.6 Å². The largest absolute Gasteiger partial charge is 0.454 e. The minimum absolute atomic E-state index is 0.218. The lowest BCUT2D eigenvalue weighted by atomic mass is 10.1. The maximum atomic E-state index is 12.5. The summed E-state index contributed by atoms with van der Waals surface area (Å²) in [5.74, 6) is 1.05. The molecule has 132 valence electrons. The molecule has 0 bridgehead atoms. The Bertz CT molecular complexity index is 1060. The lowest BCUT2D eigenvalue weighted by Gasteiger charge is -2.03. The van der Waals surface area contributed by atoms with Gasteiger partial charge in [0.05, 0.1) is 10.7 Å². The van der Waals surface area contributed by atoms with E-state index < -0.39 is 0 Å². The molecule has 0 atom stereocenters. The first-order chi connectivity index (χ1) is 12.5. The Kier molecular flexibility index (Phi) is 4.30. The summed E-state index contributed by atoms with van der Waals surface area (Å²) < 4.78 is 11.6. The van der Waals surface area contributed by atoms with Crippen LogP contribution in [0.1, 0.15) is 27.7 Å². The Morgan fingerprint density at radius 2 is 2.00 bits per heavy atom. The molecular weight excluding hydrogens is 372 g/mol. The lowest BCUT2D eigenvalue weighted by molar-refractivity contribution is 0.0959. The number of benzene rings is 2. The molecule has 1 aliphatic rings. The summed E-state index contributed by atoms with van der Waals surface area (Å²) in [6.45, 7) is 4.04. The van der Waals surface area contributed by atoms with Gasteiger partial charge in [0.25, 0.3) is 5.91 Å². The number of carbonyl (C=O) groups excluding carboxylic acids is 1. The minimum Gasteiger partial charge on any atom is -0.454 e. The van der Waals surface area contributed by atoms with Gasteiger partial charge >= 0.3 is 0 Å². The number of nitrogens with one attached hydrogen (secondary N) is 1. The number of amides is 1. The minimum atomic E-state index is -0.325. The van der Waals surface area contributed by atoms with E-state index in [-0.39, 0.29) is 12.7 Å². The zero-order chi connectivity index (χ0) is 18.3. The van der Waals surface area contributed by atoms with Crippen molar-refractivity contribution in [2.75, 3.05) is 6.79 Å². The van der Waals surface area contributed by atoms with Crippen LogP contribution in [0.25, 0.3) is 10.1 Å². The Balaban J connectivity index is 1.56. The van der Waals surface area contributed by atoms with Crippen molar-refractivity contribution in [1.29, 1.82) is 0 Å². The van der Waals surface area contributed by atoms with Crippen LogP contribution in [-0.2, 0) is 0 Å². The van der Waals surface area contributed by atoms with Crippen LogP contribution in [0.3, 0.4) is 0 Å². The Morgan fingerprint density at radius 3 is 2.85 bits per heavy atom. The summed E-state index contributed by atoms with van der Waals surface area (Å²) in [5.41, 5.74) is 5.21. The Hall–Kier alpha value is -2.57. The maximum Gasteiger partial charge on any atom is 0.283 e. The third kappa shape index (κ3) is 3.02. The lowest BCUT2D eigenvalue weighted by Crippen LogP contribution is -2.18. The van der Waals surface area contributed by atoms with Crippen LogP contribution >= 0.6 is 22.9 Å². The third-order valence-electron chi connectivity index (χ3n) is 4.11. The van der Waals surface area contributed by atoms with Gasteiger partial charge in [-0.2, -0.15) is 5.10 Å².